The number of carbonyl (C=O) groups excluding carboxylic acids is 1. The fourth-order valence-electron chi connectivity index (χ4n) is 1.46. The third kappa shape index (κ3) is 5.03. The first kappa shape index (κ1) is 14.3. The molecule has 1 N–H and O–H groups in total. The Labute approximate surface area is 108 Å². The molecule has 18 heavy (non-hydrogen) atoms. The van der Waals surface area contributed by atoms with Crippen LogP contribution >= 0.6 is 0 Å². The van der Waals surface area contributed by atoms with Crippen LogP contribution in [0, 0.1) is 0 Å². The van der Waals surface area contributed by atoms with Crippen LogP contribution in [0.3, 0.4) is 0 Å². The van der Waals surface area contributed by atoms with Crippen molar-refractivity contribution in [2.24, 2.45) is 0 Å². The van der Waals surface area contributed by atoms with Crippen molar-refractivity contribution in [1.29, 1.82) is 0 Å². The van der Waals surface area contributed by atoms with Gasteiger partial charge in [0.05, 0.1) is 6.33 Å². The molecular weight excluding hydrogens is 230 g/mol. The van der Waals surface area contributed by atoms with Crippen molar-refractivity contribution in [3.05, 3.63) is 25.3 Å². The summed E-state index contributed by atoms with van der Waals surface area (Å²) in [7, 11) is 0. The minimum Gasteiger partial charge on any atom is -0.444 e. The second-order valence-corrected chi connectivity index (χ2v) is 5.29. The molecule has 5 heteroatoms. The highest BCUT2D eigenvalue weighted by molar-refractivity contribution is 5.68. The first-order valence-corrected chi connectivity index (χ1v) is 5.93. The molecule has 1 rings (SSSR count). The number of amides is 1. The lowest BCUT2D eigenvalue weighted by molar-refractivity contribution is 0.0509. The Morgan fingerprint density at radius 2 is 2.22 bits per heavy atom. The van der Waals surface area contributed by atoms with Gasteiger partial charge in [0.1, 0.15) is 5.60 Å². The van der Waals surface area contributed by atoms with Crippen LogP contribution in [0.4, 0.5) is 4.79 Å². The molecule has 1 amide bonds. The lowest BCUT2D eigenvalue weighted by Gasteiger charge is -2.22. The maximum absolute atomic E-state index is 11.6. The molecule has 0 saturated carbocycles. The number of rotatable bonds is 4. The molecule has 1 heterocycles. The lowest BCUT2D eigenvalue weighted by atomic mass is 10.2. The molecule has 0 saturated heterocycles. The fourth-order valence-corrected chi connectivity index (χ4v) is 1.46. The van der Waals surface area contributed by atoms with Crippen molar-refractivity contribution in [3.8, 4) is 0 Å². The second kappa shape index (κ2) is 5.71. The summed E-state index contributed by atoms with van der Waals surface area (Å²) in [5.41, 5.74) is 0.390. The van der Waals surface area contributed by atoms with E-state index in [9.17, 15) is 4.79 Å². The second-order valence-electron chi connectivity index (χ2n) is 5.29. The molecule has 0 aliphatic carbocycles. The minimum atomic E-state index is -0.481. The van der Waals surface area contributed by atoms with E-state index in [1.165, 1.54) is 0 Å². The Kier molecular flexibility index (Phi) is 4.53. The van der Waals surface area contributed by atoms with E-state index in [2.05, 4.69) is 16.9 Å². The van der Waals surface area contributed by atoms with Gasteiger partial charge in [-0.25, -0.2) is 9.78 Å². The average Bonchev–Trinajstić information content (AvgIpc) is 2.65. The summed E-state index contributed by atoms with van der Waals surface area (Å²) in [4.78, 5) is 15.5. The predicted octanol–water partition coefficient (Wildman–Crippen LogP) is 2.66. The van der Waals surface area contributed by atoms with Gasteiger partial charge < -0.3 is 14.6 Å². The van der Waals surface area contributed by atoms with Gasteiger partial charge in [-0.15, -0.1) is 0 Å². The van der Waals surface area contributed by atoms with Gasteiger partial charge in [0.25, 0.3) is 0 Å². The number of ether oxygens (including phenoxy) is 1. The van der Waals surface area contributed by atoms with Crippen LogP contribution < -0.4 is 5.32 Å². The monoisotopic (exact) mass is 251 g/mol. The molecule has 5 nitrogen and oxygen atoms in total. The molecule has 0 aliphatic rings. The number of imidazole rings is 1. The molecule has 1 unspecified atom stereocenters. The highest BCUT2D eigenvalue weighted by atomic mass is 16.6. The van der Waals surface area contributed by atoms with E-state index in [-0.39, 0.29) is 6.04 Å². The highest BCUT2D eigenvalue weighted by Gasteiger charge is 2.17. The summed E-state index contributed by atoms with van der Waals surface area (Å²) in [6, 6.07) is -0.0465. The smallest absolute Gasteiger partial charge is 0.407 e. The quantitative estimate of drug-likeness (QED) is 0.895. The lowest BCUT2D eigenvalue weighted by Crippen LogP contribution is -2.37. The van der Waals surface area contributed by atoms with E-state index in [0.717, 1.165) is 5.70 Å². The number of hydrogen-bond acceptors (Lipinski definition) is 3. The molecule has 0 bridgehead atoms. The van der Waals surface area contributed by atoms with Gasteiger partial charge in [-0.05, 0) is 27.7 Å². The van der Waals surface area contributed by atoms with Gasteiger partial charge in [-0.2, -0.15) is 0 Å². The maximum atomic E-state index is 11.6. The Morgan fingerprint density at radius 3 is 2.72 bits per heavy atom. The fraction of sp³-hybridized carbons (Fsp3) is 0.538. The van der Waals surface area contributed by atoms with Crippen LogP contribution in [0.25, 0.3) is 5.70 Å². The number of alkyl carbamates (subject to hydrolysis) is 1. The number of nitrogens with one attached hydrogen (secondary N) is 1. The van der Waals surface area contributed by atoms with Crippen molar-refractivity contribution in [2.75, 3.05) is 0 Å². The van der Waals surface area contributed by atoms with Gasteiger partial charge in [-0.1, -0.05) is 6.58 Å². The first-order chi connectivity index (χ1) is 8.28. The number of carbonyl (C=O) groups is 1. The molecule has 100 valence electrons. The van der Waals surface area contributed by atoms with E-state index in [4.69, 9.17) is 4.74 Å². The van der Waals surface area contributed by atoms with Crippen molar-refractivity contribution in [2.45, 2.75) is 45.8 Å². The highest BCUT2D eigenvalue weighted by Crippen LogP contribution is 2.11. The Morgan fingerprint density at radius 1 is 1.56 bits per heavy atom. The Bertz CT molecular complexity index is 404. The van der Waals surface area contributed by atoms with Gasteiger partial charge in [0.2, 0.25) is 0 Å². The van der Waals surface area contributed by atoms with Gasteiger partial charge in [0.15, 0.2) is 0 Å². The summed E-state index contributed by atoms with van der Waals surface area (Å²) in [6.07, 6.45) is 5.42. The topological polar surface area (TPSA) is 56.1 Å². The minimum absolute atomic E-state index is 0.0465. The predicted molar refractivity (Wildman–Crippen MR) is 71.0 cm³/mol. The summed E-state index contributed by atoms with van der Waals surface area (Å²) < 4.78 is 7.01. The molecular formula is C13H21N3O2. The number of aromatic nitrogens is 2. The standard InChI is InChI=1S/C13H21N3O2/c1-10(15-12(17)18-13(3,4)5)8-11(2)16-7-6-14-9-16/h6-7,9-10H,2,8H2,1,3-5H3,(H,15,17). The van der Waals surface area contributed by atoms with Crippen molar-refractivity contribution in [3.63, 3.8) is 0 Å². The number of hydrogen-bond donors (Lipinski definition) is 1. The van der Waals surface area contributed by atoms with Gasteiger partial charge in [-0.3, -0.25) is 0 Å². The van der Waals surface area contributed by atoms with Crippen LogP contribution in [-0.4, -0.2) is 27.3 Å². The summed E-state index contributed by atoms with van der Waals surface area (Å²) in [6.45, 7) is 11.4. The SMILES string of the molecule is C=C(CC(C)NC(=O)OC(C)(C)C)n1ccnc1. The molecule has 0 radical (unpaired) electrons. The summed E-state index contributed by atoms with van der Waals surface area (Å²) in [5.74, 6) is 0. The largest absolute Gasteiger partial charge is 0.444 e. The van der Waals surface area contributed by atoms with E-state index >= 15 is 0 Å². The third-order valence-electron chi connectivity index (χ3n) is 2.17. The zero-order chi connectivity index (χ0) is 13.8. The first-order valence-electron chi connectivity index (χ1n) is 5.93. The summed E-state index contributed by atoms with van der Waals surface area (Å²) >= 11 is 0. The third-order valence-corrected chi connectivity index (χ3v) is 2.17. The van der Waals surface area contributed by atoms with E-state index < -0.39 is 11.7 Å². The van der Waals surface area contributed by atoms with Crippen molar-refractivity contribution < 1.29 is 9.53 Å². The normalized spacial score (nSPS) is 12.9. The molecule has 1 atom stereocenters. The summed E-state index contributed by atoms with van der Waals surface area (Å²) in [5, 5.41) is 2.77. The van der Waals surface area contributed by atoms with Gasteiger partial charge >= 0.3 is 6.09 Å². The molecule has 0 fully saturated rings. The van der Waals surface area contributed by atoms with Crippen LogP contribution in [0.1, 0.15) is 34.1 Å². The zero-order valence-electron chi connectivity index (χ0n) is 11.4. The van der Waals surface area contributed by atoms with Crippen LogP contribution in [-0.2, 0) is 4.74 Å². The van der Waals surface area contributed by atoms with Crippen molar-refractivity contribution >= 4 is 11.8 Å². The van der Waals surface area contributed by atoms with Gasteiger partial charge in [0, 0.05) is 30.6 Å². The molecule has 1 aromatic heterocycles. The molecule has 0 spiro atoms. The molecule has 0 aromatic carbocycles. The molecule has 1 aromatic rings. The van der Waals surface area contributed by atoms with Crippen LogP contribution in [0.2, 0.25) is 0 Å². The van der Waals surface area contributed by atoms with Crippen LogP contribution in [0.15, 0.2) is 25.3 Å². The molecule has 0 aliphatic heterocycles. The van der Waals surface area contributed by atoms with Crippen molar-refractivity contribution in [1.82, 2.24) is 14.9 Å². The van der Waals surface area contributed by atoms with E-state index in [1.54, 1.807) is 12.5 Å². The Hall–Kier alpha value is -1.78. The zero-order valence-corrected chi connectivity index (χ0v) is 11.4. The Balaban J connectivity index is 2.40. The van der Waals surface area contributed by atoms with E-state index in [1.807, 2.05) is 38.5 Å². The maximum Gasteiger partial charge on any atom is 0.407 e. The van der Waals surface area contributed by atoms with Crippen LogP contribution in [0.5, 0.6) is 0 Å². The number of nitrogens with zero attached hydrogens (tertiary/aromatic N) is 2. The van der Waals surface area contributed by atoms with E-state index in [0.29, 0.717) is 6.42 Å². The average molecular weight is 251 g/mol.